The van der Waals surface area contributed by atoms with Crippen LogP contribution in [0.5, 0.6) is 0 Å². The molecule has 0 aliphatic heterocycles. The predicted octanol–water partition coefficient (Wildman–Crippen LogP) is 6.36. The molecular formula is C25H25F6NO5. The summed E-state index contributed by atoms with van der Waals surface area (Å²) in [5, 5.41) is 11.3. The highest BCUT2D eigenvalue weighted by Gasteiger charge is 2.59. The van der Waals surface area contributed by atoms with Crippen LogP contribution in [-0.4, -0.2) is 31.2 Å². The number of ether oxygens (including phenoxy) is 2. The van der Waals surface area contributed by atoms with Crippen molar-refractivity contribution in [3.8, 4) is 0 Å². The van der Waals surface area contributed by atoms with E-state index in [4.69, 9.17) is 9.47 Å². The Balaban J connectivity index is 1.90. The molecule has 0 saturated heterocycles. The van der Waals surface area contributed by atoms with Gasteiger partial charge in [-0.3, -0.25) is 14.9 Å². The van der Waals surface area contributed by atoms with Crippen molar-refractivity contribution < 1.29 is 45.5 Å². The van der Waals surface area contributed by atoms with Crippen molar-refractivity contribution in [2.24, 2.45) is 5.41 Å². The molecule has 1 fully saturated rings. The van der Waals surface area contributed by atoms with E-state index in [2.05, 4.69) is 0 Å². The van der Waals surface area contributed by atoms with Crippen LogP contribution in [0.2, 0.25) is 0 Å². The second-order valence-corrected chi connectivity index (χ2v) is 9.54. The average Bonchev–Trinajstić information content (AvgIpc) is 2.79. The van der Waals surface area contributed by atoms with Gasteiger partial charge in [-0.05, 0) is 49.1 Å². The average molecular weight is 533 g/mol. The molecule has 1 saturated carbocycles. The second kappa shape index (κ2) is 10.3. The lowest BCUT2D eigenvalue weighted by molar-refractivity contribution is -0.504. The van der Waals surface area contributed by atoms with Gasteiger partial charge in [-0.15, -0.1) is 0 Å². The molecular weight excluding hydrogens is 508 g/mol. The fourth-order valence-electron chi connectivity index (χ4n) is 5.10. The van der Waals surface area contributed by atoms with Crippen LogP contribution in [0.3, 0.4) is 0 Å². The molecule has 0 spiro atoms. The molecule has 0 radical (unpaired) electrons. The van der Waals surface area contributed by atoms with Crippen LogP contribution >= 0.6 is 0 Å². The minimum atomic E-state index is -5.00. The van der Waals surface area contributed by atoms with E-state index >= 15 is 0 Å². The zero-order chi connectivity index (χ0) is 27.6. The van der Waals surface area contributed by atoms with E-state index in [1.54, 1.807) is 30.3 Å². The fraction of sp³-hybridized carbons (Fsp3) is 0.480. The van der Waals surface area contributed by atoms with E-state index in [1.807, 2.05) is 0 Å². The number of hydrogen-bond donors (Lipinski definition) is 0. The van der Waals surface area contributed by atoms with E-state index in [1.165, 1.54) is 14.0 Å². The Morgan fingerprint density at radius 1 is 1.03 bits per heavy atom. The maximum absolute atomic E-state index is 13.3. The molecule has 2 aromatic rings. The number of halogens is 6. The van der Waals surface area contributed by atoms with Crippen LogP contribution < -0.4 is 0 Å². The molecule has 2 aromatic carbocycles. The van der Waals surface area contributed by atoms with Crippen LogP contribution in [0.25, 0.3) is 0 Å². The number of carbonyl (C=O) groups excluding carboxylic acids is 1. The zero-order valence-corrected chi connectivity index (χ0v) is 20.0. The number of nitro groups is 1. The summed E-state index contributed by atoms with van der Waals surface area (Å²) in [6.45, 7) is 0.691. The maximum atomic E-state index is 13.3. The van der Waals surface area contributed by atoms with E-state index in [0.717, 1.165) is 5.56 Å². The van der Waals surface area contributed by atoms with Gasteiger partial charge in [0, 0.05) is 15.8 Å². The van der Waals surface area contributed by atoms with Gasteiger partial charge in [0.15, 0.2) is 0 Å². The van der Waals surface area contributed by atoms with E-state index in [-0.39, 0.29) is 37.5 Å². The molecule has 0 aromatic heterocycles. The summed E-state index contributed by atoms with van der Waals surface area (Å²) in [6.07, 6.45) is -11.1. The van der Waals surface area contributed by atoms with Crippen LogP contribution in [0.15, 0.2) is 48.5 Å². The summed E-state index contributed by atoms with van der Waals surface area (Å²) in [5.74, 6) is -0.624. The second-order valence-electron chi connectivity index (χ2n) is 9.54. The van der Waals surface area contributed by atoms with Crippen molar-refractivity contribution in [2.75, 3.05) is 20.3 Å². The Morgan fingerprint density at radius 3 is 2.03 bits per heavy atom. The van der Waals surface area contributed by atoms with E-state index in [0.29, 0.717) is 12.1 Å². The molecule has 1 aliphatic rings. The summed E-state index contributed by atoms with van der Waals surface area (Å²) in [4.78, 5) is 22.8. The Kier molecular flexibility index (Phi) is 7.92. The van der Waals surface area contributed by atoms with Gasteiger partial charge in [0.1, 0.15) is 0 Å². The highest BCUT2D eigenvalue weighted by molar-refractivity contribution is 5.70. The Labute approximate surface area is 208 Å². The Morgan fingerprint density at radius 2 is 1.57 bits per heavy atom. The molecule has 0 bridgehead atoms. The van der Waals surface area contributed by atoms with Gasteiger partial charge < -0.3 is 9.47 Å². The summed E-state index contributed by atoms with van der Waals surface area (Å²) in [7, 11) is 1.17. The van der Waals surface area contributed by atoms with Crippen LogP contribution in [0.1, 0.15) is 54.5 Å². The number of benzene rings is 2. The minimum Gasteiger partial charge on any atom is -0.469 e. The standard InChI is InChI=1S/C25H25F6NO5/c1-16(17-8-19(24(26,27)28)10-20(9-17)25(29,30)31)37-15-23(18-6-4-3-5-7-18)12-22(13-23,14-32(34)35)11-21(33)36-2/h3-10,16H,11-15H2,1-2H3. The lowest BCUT2D eigenvalue weighted by Crippen LogP contribution is -2.56. The number of esters is 1. The molecule has 1 unspecified atom stereocenters. The third kappa shape index (κ3) is 6.60. The highest BCUT2D eigenvalue weighted by atomic mass is 19.4. The van der Waals surface area contributed by atoms with Crippen molar-refractivity contribution in [1.29, 1.82) is 0 Å². The summed E-state index contributed by atoms with van der Waals surface area (Å²) < 4.78 is 90.2. The van der Waals surface area contributed by atoms with Gasteiger partial charge in [-0.1, -0.05) is 30.3 Å². The number of carbonyl (C=O) groups is 1. The van der Waals surface area contributed by atoms with Gasteiger partial charge in [0.2, 0.25) is 6.54 Å². The first-order valence-electron chi connectivity index (χ1n) is 11.2. The number of methoxy groups -OCH3 is 1. The topological polar surface area (TPSA) is 78.7 Å². The van der Waals surface area contributed by atoms with E-state index < -0.39 is 57.9 Å². The minimum absolute atomic E-state index is 0.0480. The maximum Gasteiger partial charge on any atom is 0.416 e. The van der Waals surface area contributed by atoms with Crippen molar-refractivity contribution in [3.05, 3.63) is 80.9 Å². The van der Waals surface area contributed by atoms with Crippen molar-refractivity contribution in [2.45, 2.75) is 50.1 Å². The van der Waals surface area contributed by atoms with Crippen molar-refractivity contribution in [1.82, 2.24) is 0 Å². The molecule has 0 amide bonds. The lowest BCUT2D eigenvalue weighted by Gasteiger charge is -2.54. The van der Waals surface area contributed by atoms with Gasteiger partial charge in [0.05, 0.1) is 37.4 Å². The van der Waals surface area contributed by atoms with Crippen LogP contribution in [-0.2, 0) is 32.0 Å². The zero-order valence-electron chi connectivity index (χ0n) is 20.0. The fourth-order valence-corrected chi connectivity index (χ4v) is 5.10. The van der Waals surface area contributed by atoms with Crippen molar-refractivity contribution >= 4 is 5.97 Å². The first-order chi connectivity index (χ1) is 17.1. The third-order valence-electron chi connectivity index (χ3n) is 6.71. The lowest BCUT2D eigenvalue weighted by atomic mass is 9.49. The largest absolute Gasteiger partial charge is 0.469 e. The molecule has 37 heavy (non-hydrogen) atoms. The Hall–Kier alpha value is -3.15. The van der Waals surface area contributed by atoms with Gasteiger partial charge >= 0.3 is 18.3 Å². The summed E-state index contributed by atoms with van der Waals surface area (Å²) in [6, 6.07) is 10.0. The monoisotopic (exact) mass is 533 g/mol. The van der Waals surface area contributed by atoms with Gasteiger partial charge in [-0.2, -0.15) is 26.3 Å². The number of hydrogen-bond acceptors (Lipinski definition) is 5. The summed E-state index contributed by atoms with van der Waals surface area (Å²) >= 11 is 0. The quantitative estimate of drug-likeness (QED) is 0.162. The van der Waals surface area contributed by atoms with Gasteiger partial charge in [-0.25, -0.2) is 0 Å². The molecule has 0 N–H and O–H groups in total. The molecule has 0 heterocycles. The SMILES string of the molecule is COC(=O)CC1(C[N+](=O)[O-])CC(COC(C)c2cc(C(F)(F)F)cc(C(F)(F)F)c2)(c2ccccc2)C1. The number of rotatable bonds is 9. The molecule has 6 nitrogen and oxygen atoms in total. The van der Waals surface area contributed by atoms with Crippen LogP contribution in [0.4, 0.5) is 26.3 Å². The highest BCUT2D eigenvalue weighted by Crippen LogP contribution is 2.58. The number of alkyl halides is 6. The van der Waals surface area contributed by atoms with E-state index in [9.17, 15) is 41.3 Å². The number of nitrogens with zero attached hydrogens (tertiary/aromatic N) is 1. The van der Waals surface area contributed by atoms with Crippen LogP contribution in [0, 0.1) is 15.5 Å². The first kappa shape index (κ1) is 28.4. The Bertz CT molecular complexity index is 1090. The molecule has 1 aliphatic carbocycles. The molecule has 1 atom stereocenters. The molecule has 12 heteroatoms. The van der Waals surface area contributed by atoms with Gasteiger partial charge in [0.25, 0.3) is 0 Å². The molecule has 3 rings (SSSR count). The summed E-state index contributed by atoms with van der Waals surface area (Å²) in [5.41, 5.74) is -4.34. The molecule has 202 valence electrons. The predicted molar refractivity (Wildman–Crippen MR) is 119 cm³/mol. The van der Waals surface area contributed by atoms with Crippen molar-refractivity contribution in [3.63, 3.8) is 0 Å². The normalized spacial score (nSPS) is 22.7. The first-order valence-corrected chi connectivity index (χ1v) is 11.2. The smallest absolute Gasteiger partial charge is 0.416 e. The third-order valence-corrected chi connectivity index (χ3v) is 6.71.